The zero-order valence-electron chi connectivity index (χ0n) is 17.1. The van der Waals surface area contributed by atoms with Crippen LogP contribution >= 0.6 is 0 Å². The molecule has 1 aliphatic heterocycles. The second-order valence-electron chi connectivity index (χ2n) is 7.80. The van der Waals surface area contributed by atoms with Crippen LogP contribution in [0.5, 0.6) is 5.75 Å². The van der Waals surface area contributed by atoms with Crippen molar-refractivity contribution in [2.75, 3.05) is 17.2 Å². The van der Waals surface area contributed by atoms with Crippen molar-refractivity contribution in [2.24, 2.45) is 5.41 Å². The Morgan fingerprint density at radius 2 is 1.77 bits per heavy atom. The number of hydrogen-bond donors (Lipinski definition) is 1. The molecule has 1 atom stereocenters. The maximum absolute atomic E-state index is 13.1. The van der Waals surface area contributed by atoms with Crippen molar-refractivity contribution in [3.05, 3.63) is 54.1 Å². The van der Waals surface area contributed by atoms with E-state index in [9.17, 15) is 21.6 Å². The van der Waals surface area contributed by atoms with Gasteiger partial charge in [-0.15, -0.1) is 0 Å². The first-order valence-electron chi connectivity index (χ1n) is 9.22. The molecule has 30 heavy (non-hydrogen) atoms. The van der Waals surface area contributed by atoms with Crippen LogP contribution in [0.1, 0.15) is 32.4 Å². The molecule has 1 saturated heterocycles. The van der Waals surface area contributed by atoms with Crippen molar-refractivity contribution in [2.45, 2.75) is 31.7 Å². The summed E-state index contributed by atoms with van der Waals surface area (Å²) < 4.78 is 59.8. The molecular formula is C20H24N2O6S2. The highest BCUT2D eigenvalue weighted by atomic mass is 32.2. The third kappa shape index (κ3) is 4.07. The van der Waals surface area contributed by atoms with E-state index in [1.807, 2.05) is 6.07 Å². The zero-order valence-corrected chi connectivity index (χ0v) is 18.7. The van der Waals surface area contributed by atoms with Gasteiger partial charge in [0.15, 0.2) is 0 Å². The molecule has 1 heterocycles. The number of hydrogen-bond acceptors (Lipinski definition) is 6. The molecule has 2 aromatic rings. The number of rotatable bonds is 6. The molecule has 1 aliphatic rings. The van der Waals surface area contributed by atoms with Crippen LogP contribution in [0.3, 0.4) is 0 Å². The summed E-state index contributed by atoms with van der Waals surface area (Å²) in [4.78, 5) is 12.4. The Hall–Kier alpha value is -2.43. The number of anilines is 1. The number of carbonyl (C=O) groups is 1. The number of carbonyl (C=O) groups excluding carboxylic acids is 1. The van der Waals surface area contributed by atoms with Crippen LogP contribution in [0.15, 0.2) is 53.4 Å². The van der Waals surface area contributed by atoms with E-state index in [2.05, 4.69) is 4.72 Å². The molecule has 1 amide bonds. The van der Waals surface area contributed by atoms with Gasteiger partial charge in [0.2, 0.25) is 26.0 Å². The predicted octanol–water partition coefficient (Wildman–Crippen LogP) is 2.44. The third-order valence-corrected chi connectivity index (χ3v) is 8.47. The molecule has 0 aromatic heterocycles. The van der Waals surface area contributed by atoms with Gasteiger partial charge in [-0.05, 0) is 44.5 Å². The van der Waals surface area contributed by atoms with Crippen molar-refractivity contribution in [3.63, 3.8) is 0 Å². The third-order valence-electron chi connectivity index (χ3n) is 4.89. The summed E-state index contributed by atoms with van der Waals surface area (Å²) >= 11 is 0. The number of nitrogens with zero attached hydrogens (tertiary/aromatic N) is 1. The summed E-state index contributed by atoms with van der Waals surface area (Å²) in [6.07, 6.45) is 0. The fourth-order valence-electron chi connectivity index (χ4n) is 3.37. The molecule has 0 saturated carbocycles. The molecular weight excluding hydrogens is 428 g/mol. The van der Waals surface area contributed by atoms with Gasteiger partial charge >= 0.3 is 0 Å². The Morgan fingerprint density at radius 3 is 2.30 bits per heavy atom. The van der Waals surface area contributed by atoms with E-state index in [-0.39, 0.29) is 22.1 Å². The minimum absolute atomic E-state index is 0.0369. The zero-order chi connectivity index (χ0) is 22.3. The Bertz CT molecular complexity index is 1180. The fraction of sp³-hybridized carbons (Fsp3) is 0.350. The standard InChI is InChI=1S/C20H24N2O6S2/c1-14(15-8-6-5-7-9-15)21-30(26,27)18-12-16(10-11-17(18)28-4)22-19(23)20(2,3)13-29(22,24)25/h5-12,14,21H,13H2,1-4H3/t14-/m0/s1. The SMILES string of the molecule is COc1ccc(N2C(=O)C(C)(C)CS2(=O)=O)cc1S(=O)(=O)N[C@@H](C)c1ccccc1. The molecule has 1 fully saturated rings. The van der Waals surface area contributed by atoms with E-state index in [0.29, 0.717) is 4.31 Å². The predicted molar refractivity (Wildman–Crippen MR) is 113 cm³/mol. The Labute approximate surface area is 177 Å². The minimum atomic E-state index is -4.09. The van der Waals surface area contributed by atoms with Crippen molar-refractivity contribution >= 4 is 31.6 Å². The van der Waals surface area contributed by atoms with Crippen LogP contribution in [0.25, 0.3) is 0 Å². The number of amides is 1. The van der Waals surface area contributed by atoms with Gasteiger partial charge in [0, 0.05) is 6.04 Å². The summed E-state index contributed by atoms with van der Waals surface area (Å²) in [5, 5.41) is 0. The molecule has 0 bridgehead atoms. The number of ether oxygens (including phenoxy) is 1. The Kier molecular flexibility index (Phi) is 5.70. The van der Waals surface area contributed by atoms with Gasteiger partial charge in [0.05, 0.1) is 24.0 Å². The maximum atomic E-state index is 13.1. The molecule has 0 spiro atoms. The van der Waals surface area contributed by atoms with Crippen LogP contribution in [0.4, 0.5) is 5.69 Å². The van der Waals surface area contributed by atoms with Crippen LogP contribution in [-0.4, -0.2) is 35.6 Å². The average Bonchev–Trinajstić information content (AvgIpc) is 2.84. The summed E-state index contributed by atoms with van der Waals surface area (Å²) in [6, 6.07) is 12.3. The molecule has 0 unspecified atom stereocenters. The lowest BCUT2D eigenvalue weighted by Crippen LogP contribution is -2.33. The lowest BCUT2D eigenvalue weighted by Gasteiger charge is -2.20. The fourth-order valence-corrected chi connectivity index (χ4v) is 6.89. The van der Waals surface area contributed by atoms with Crippen molar-refractivity contribution in [1.82, 2.24) is 4.72 Å². The summed E-state index contributed by atoms with van der Waals surface area (Å²) in [5.74, 6) is -0.924. The molecule has 10 heteroatoms. The number of nitrogens with one attached hydrogen (secondary N) is 1. The number of benzene rings is 2. The maximum Gasteiger partial charge on any atom is 0.247 e. The highest BCUT2D eigenvalue weighted by Gasteiger charge is 2.50. The van der Waals surface area contributed by atoms with Crippen molar-refractivity contribution in [3.8, 4) is 5.75 Å². The van der Waals surface area contributed by atoms with Gasteiger partial charge in [-0.3, -0.25) is 4.79 Å². The largest absolute Gasteiger partial charge is 0.495 e. The number of sulfonamides is 2. The van der Waals surface area contributed by atoms with E-state index >= 15 is 0 Å². The molecule has 3 rings (SSSR count). The van der Waals surface area contributed by atoms with E-state index in [1.54, 1.807) is 31.2 Å². The van der Waals surface area contributed by atoms with E-state index in [0.717, 1.165) is 11.6 Å². The molecule has 1 N–H and O–H groups in total. The normalized spacial score (nSPS) is 18.9. The molecule has 8 nitrogen and oxygen atoms in total. The molecule has 0 aliphatic carbocycles. The smallest absolute Gasteiger partial charge is 0.247 e. The average molecular weight is 453 g/mol. The van der Waals surface area contributed by atoms with Crippen molar-refractivity contribution < 1.29 is 26.4 Å². The quantitative estimate of drug-likeness (QED) is 0.721. The van der Waals surface area contributed by atoms with E-state index < -0.39 is 37.4 Å². The van der Waals surface area contributed by atoms with Gasteiger partial charge in [-0.1, -0.05) is 30.3 Å². The monoisotopic (exact) mass is 452 g/mol. The first-order chi connectivity index (χ1) is 13.9. The van der Waals surface area contributed by atoms with Crippen molar-refractivity contribution in [1.29, 1.82) is 0 Å². The Balaban J connectivity index is 2.04. The molecule has 2 aromatic carbocycles. The second-order valence-corrected chi connectivity index (χ2v) is 11.3. The molecule has 162 valence electrons. The topological polar surface area (TPSA) is 110 Å². The van der Waals surface area contributed by atoms with E-state index in [4.69, 9.17) is 4.74 Å². The van der Waals surface area contributed by atoms with Crippen LogP contribution < -0.4 is 13.8 Å². The lowest BCUT2D eigenvalue weighted by molar-refractivity contribution is -0.123. The van der Waals surface area contributed by atoms with Gasteiger partial charge in [-0.2, -0.15) is 0 Å². The number of methoxy groups -OCH3 is 1. The summed E-state index contributed by atoms with van der Waals surface area (Å²) in [6.45, 7) is 4.77. The highest BCUT2D eigenvalue weighted by molar-refractivity contribution is 7.94. The first kappa shape index (κ1) is 22.3. The highest BCUT2D eigenvalue weighted by Crippen LogP contribution is 2.38. The Morgan fingerprint density at radius 1 is 1.13 bits per heavy atom. The second kappa shape index (κ2) is 7.68. The van der Waals surface area contributed by atoms with Gasteiger partial charge < -0.3 is 4.74 Å². The van der Waals surface area contributed by atoms with Crippen LogP contribution in [-0.2, 0) is 24.8 Å². The van der Waals surface area contributed by atoms with E-state index in [1.165, 1.54) is 33.1 Å². The first-order valence-corrected chi connectivity index (χ1v) is 12.3. The summed E-state index contributed by atoms with van der Waals surface area (Å²) in [7, 11) is -6.70. The van der Waals surface area contributed by atoms with Crippen LogP contribution in [0.2, 0.25) is 0 Å². The van der Waals surface area contributed by atoms with Gasteiger partial charge in [0.1, 0.15) is 10.6 Å². The minimum Gasteiger partial charge on any atom is -0.495 e. The van der Waals surface area contributed by atoms with Gasteiger partial charge in [-0.25, -0.2) is 25.9 Å². The van der Waals surface area contributed by atoms with Crippen LogP contribution in [0, 0.1) is 5.41 Å². The molecule has 0 radical (unpaired) electrons. The van der Waals surface area contributed by atoms with Gasteiger partial charge in [0.25, 0.3) is 0 Å². The lowest BCUT2D eigenvalue weighted by atomic mass is 9.95. The summed E-state index contributed by atoms with van der Waals surface area (Å²) in [5.41, 5.74) is -0.382.